The van der Waals surface area contributed by atoms with E-state index >= 15 is 0 Å². The van der Waals surface area contributed by atoms with Crippen LogP contribution in [0.3, 0.4) is 0 Å². The maximum absolute atomic E-state index is 12.8. The lowest BCUT2D eigenvalue weighted by atomic mass is 9.93. The van der Waals surface area contributed by atoms with Gasteiger partial charge in [0, 0.05) is 30.5 Å². The number of hydrogen-bond donors (Lipinski definition) is 5. The Balaban J connectivity index is 1.08. The number of anilines is 2. The van der Waals surface area contributed by atoms with Crippen molar-refractivity contribution in [1.82, 2.24) is 20.6 Å². The second kappa shape index (κ2) is 18.2. The number of thiazole rings is 1. The van der Waals surface area contributed by atoms with Crippen molar-refractivity contribution in [1.29, 1.82) is 0 Å². The zero-order valence-corrected chi connectivity index (χ0v) is 31.1. The summed E-state index contributed by atoms with van der Waals surface area (Å²) in [4.78, 5) is 27.0. The first-order valence-electron chi connectivity index (χ1n) is 16.7. The SMILES string of the molecule is Cc1cccc(Cl)c1NC(=O)c1cnc(NC2=NC(C)NC(=NCCNCCOCC3CN(CC(C)(C)COCC(C)(C)CN)N=N3)C2)s1. The van der Waals surface area contributed by atoms with Crippen molar-refractivity contribution in [2.24, 2.45) is 36.9 Å². The molecule has 4 rings (SSSR count). The highest BCUT2D eigenvalue weighted by molar-refractivity contribution is 7.17. The normalized spacial score (nSPS) is 18.9. The highest BCUT2D eigenvalue weighted by Crippen LogP contribution is 2.27. The summed E-state index contributed by atoms with van der Waals surface area (Å²) in [5.74, 6) is 1.32. The lowest BCUT2D eigenvalue weighted by molar-refractivity contribution is 0.00518. The van der Waals surface area contributed by atoms with Gasteiger partial charge in [-0.25, -0.2) is 9.98 Å². The molecule has 270 valence electrons. The molecule has 0 spiro atoms. The zero-order valence-electron chi connectivity index (χ0n) is 29.5. The van der Waals surface area contributed by atoms with Gasteiger partial charge >= 0.3 is 0 Å². The molecular formula is C33H52ClN11O3S. The van der Waals surface area contributed by atoms with Crippen molar-refractivity contribution in [3.63, 3.8) is 0 Å². The number of benzene rings is 1. The molecule has 0 saturated heterocycles. The maximum atomic E-state index is 12.8. The summed E-state index contributed by atoms with van der Waals surface area (Å²) < 4.78 is 11.8. The summed E-state index contributed by atoms with van der Waals surface area (Å²) in [5.41, 5.74) is 7.23. The molecule has 0 fully saturated rings. The Morgan fingerprint density at radius 1 is 1.20 bits per heavy atom. The average Bonchev–Trinajstić information content (AvgIpc) is 3.69. The molecule has 14 nitrogen and oxygen atoms in total. The van der Waals surface area contributed by atoms with Gasteiger partial charge in [0.05, 0.1) is 62.8 Å². The number of ether oxygens (including phenoxy) is 2. The van der Waals surface area contributed by atoms with Gasteiger partial charge in [-0.2, -0.15) is 5.11 Å². The molecule has 16 heteroatoms. The van der Waals surface area contributed by atoms with Crippen LogP contribution < -0.4 is 27.0 Å². The van der Waals surface area contributed by atoms with E-state index in [1.54, 1.807) is 12.3 Å². The smallest absolute Gasteiger partial charge is 0.267 e. The monoisotopic (exact) mass is 717 g/mol. The molecule has 49 heavy (non-hydrogen) atoms. The topological polar surface area (TPSA) is 175 Å². The third kappa shape index (κ3) is 12.9. The number of nitrogens with one attached hydrogen (secondary N) is 4. The maximum Gasteiger partial charge on any atom is 0.267 e. The summed E-state index contributed by atoms with van der Waals surface area (Å²) in [7, 11) is 0. The van der Waals surface area contributed by atoms with Crippen molar-refractivity contribution < 1.29 is 14.3 Å². The number of aryl methyl sites for hydroxylation is 1. The highest BCUT2D eigenvalue weighted by Gasteiger charge is 2.28. The van der Waals surface area contributed by atoms with Gasteiger partial charge in [0.1, 0.15) is 28.8 Å². The average molecular weight is 718 g/mol. The first-order chi connectivity index (χ1) is 23.3. The van der Waals surface area contributed by atoms with E-state index in [2.05, 4.69) is 69.3 Å². The molecule has 0 bridgehead atoms. The molecule has 6 N–H and O–H groups in total. The molecule has 1 amide bonds. The number of carbonyl (C=O) groups excluding carboxylic acids is 1. The summed E-state index contributed by atoms with van der Waals surface area (Å²) >= 11 is 7.52. The van der Waals surface area contributed by atoms with Crippen molar-refractivity contribution in [3.05, 3.63) is 39.9 Å². The fourth-order valence-electron chi connectivity index (χ4n) is 5.07. The van der Waals surface area contributed by atoms with Crippen LogP contribution in [0.4, 0.5) is 10.8 Å². The number of amides is 1. The van der Waals surface area contributed by atoms with Crippen LogP contribution in [0.25, 0.3) is 0 Å². The second-order valence-electron chi connectivity index (χ2n) is 14.0. The Kier molecular flexibility index (Phi) is 14.3. The Labute approximate surface area is 298 Å². The molecule has 0 aliphatic carbocycles. The first-order valence-corrected chi connectivity index (χ1v) is 17.9. The van der Waals surface area contributed by atoms with E-state index in [0.717, 1.165) is 43.4 Å². The number of rotatable bonds is 18. The number of aliphatic imine (C=N–C) groups is 2. The Hall–Kier alpha value is -3.21. The first kappa shape index (κ1) is 38.6. The summed E-state index contributed by atoms with van der Waals surface area (Å²) in [5, 5.41) is 24.6. The van der Waals surface area contributed by atoms with E-state index in [4.69, 9.17) is 31.8 Å². The third-order valence-electron chi connectivity index (χ3n) is 7.74. The van der Waals surface area contributed by atoms with E-state index in [-0.39, 0.29) is 28.9 Å². The minimum Gasteiger partial charge on any atom is -0.380 e. The molecule has 2 aromatic rings. The van der Waals surface area contributed by atoms with E-state index in [9.17, 15) is 4.79 Å². The highest BCUT2D eigenvalue weighted by atomic mass is 35.5. The molecule has 2 atom stereocenters. The summed E-state index contributed by atoms with van der Waals surface area (Å²) in [6.45, 7) is 19.0. The van der Waals surface area contributed by atoms with Crippen LogP contribution in [0.5, 0.6) is 0 Å². The predicted molar refractivity (Wildman–Crippen MR) is 198 cm³/mol. The molecule has 0 saturated carbocycles. The fraction of sp³-hybridized carbons (Fsp3) is 0.636. The Morgan fingerprint density at radius 3 is 2.78 bits per heavy atom. The van der Waals surface area contributed by atoms with Crippen molar-refractivity contribution in [2.75, 3.05) is 76.3 Å². The van der Waals surface area contributed by atoms with E-state index < -0.39 is 0 Å². The van der Waals surface area contributed by atoms with Crippen LogP contribution in [0.15, 0.2) is 44.7 Å². The molecule has 3 heterocycles. The number of carbonyl (C=O) groups is 1. The molecule has 0 radical (unpaired) electrons. The van der Waals surface area contributed by atoms with E-state index in [0.29, 0.717) is 66.7 Å². The number of aromatic nitrogens is 1. The third-order valence-corrected chi connectivity index (χ3v) is 8.96. The van der Waals surface area contributed by atoms with Gasteiger partial charge in [0.25, 0.3) is 5.91 Å². The number of para-hydroxylation sites is 1. The van der Waals surface area contributed by atoms with Crippen LogP contribution in [0, 0.1) is 17.8 Å². The quantitative estimate of drug-likeness (QED) is 0.138. The van der Waals surface area contributed by atoms with E-state index in [1.165, 1.54) is 11.3 Å². The number of nitrogens with two attached hydrogens (primary N) is 1. The van der Waals surface area contributed by atoms with Crippen LogP contribution in [-0.2, 0) is 9.47 Å². The summed E-state index contributed by atoms with van der Waals surface area (Å²) in [6, 6.07) is 5.52. The van der Waals surface area contributed by atoms with Gasteiger partial charge in [-0.3, -0.25) is 14.8 Å². The molecular weight excluding hydrogens is 666 g/mol. The predicted octanol–water partition coefficient (Wildman–Crippen LogP) is 4.59. The van der Waals surface area contributed by atoms with Gasteiger partial charge in [0.2, 0.25) is 0 Å². The number of hydrogen-bond acceptors (Lipinski definition) is 13. The van der Waals surface area contributed by atoms with Gasteiger partial charge in [-0.05, 0) is 32.0 Å². The van der Waals surface area contributed by atoms with Gasteiger partial charge in [-0.1, -0.05) is 68.0 Å². The molecule has 2 aliphatic heterocycles. The van der Waals surface area contributed by atoms with Crippen molar-refractivity contribution in [3.8, 4) is 0 Å². The van der Waals surface area contributed by atoms with Crippen molar-refractivity contribution in [2.45, 2.75) is 60.2 Å². The van der Waals surface area contributed by atoms with Crippen LogP contribution in [0.2, 0.25) is 5.02 Å². The fourth-order valence-corrected chi connectivity index (χ4v) is 6.07. The largest absolute Gasteiger partial charge is 0.380 e. The standard InChI is InChI=1S/C33H52ClN11O3S/c1-22-8-7-9-25(34)29(22)42-30(46)26-15-38-31(49-26)41-28-14-27(39-23(2)40-28)37-11-10-36-12-13-47-17-24-16-45(44-43-24)19-33(5,6)21-48-20-32(3,4)18-35/h7-9,15,23-24,36H,10-14,16-21,35H2,1-6H3,(H,37,39)(H,42,46)(H,38,40,41). The lowest BCUT2D eigenvalue weighted by Gasteiger charge is -2.30. The van der Waals surface area contributed by atoms with Crippen LogP contribution in [-0.4, -0.2) is 105 Å². The Morgan fingerprint density at radius 2 is 2.00 bits per heavy atom. The molecule has 1 aromatic carbocycles. The zero-order chi connectivity index (χ0) is 35.4. The van der Waals surface area contributed by atoms with Gasteiger partial charge in [-0.15, -0.1) is 0 Å². The van der Waals surface area contributed by atoms with E-state index in [1.807, 2.05) is 31.0 Å². The summed E-state index contributed by atoms with van der Waals surface area (Å²) in [6.07, 6.45) is 1.91. The molecule has 2 unspecified atom stereocenters. The lowest BCUT2D eigenvalue weighted by Crippen LogP contribution is -2.40. The Bertz CT molecular complexity index is 1460. The second-order valence-corrected chi connectivity index (χ2v) is 15.4. The van der Waals surface area contributed by atoms with Crippen LogP contribution in [0.1, 0.15) is 56.3 Å². The number of halogens is 1. The minimum atomic E-state index is -0.265. The van der Waals surface area contributed by atoms with Gasteiger partial charge < -0.3 is 36.5 Å². The minimum absolute atomic E-state index is 0.0199. The van der Waals surface area contributed by atoms with Crippen LogP contribution >= 0.6 is 22.9 Å². The van der Waals surface area contributed by atoms with Gasteiger partial charge in [0.15, 0.2) is 5.13 Å². The molecule has 1 aromatic heterocycles. The van der Waals surface area contributed by atoms with Crippen molar-refractivity contribution >= 4 is 51.3 Å². The number of amidine groups is 2. The number of nitrogens with zero attached hydrogens (tertiary/aromatic N) is 6. The molecule has 2 aliphatic rings.